The molecule has 7 nitrogen and oxygen atoms in total. The third-order valence-corrected chi connectivity index (χ3v) is 4.96. The van der Waals surface area contributed by atoms with E-state index < -0.39 is 0 Å². The van der Waals surface area contributed by atoms with Crippen LogP contribution in [0.15, 0.2) is 46.9 Å². The van der Waals surface area contributed by atoms with Crippen molar-refractivity contribution in [2.75, 3.05) is 6.61 Å². The highest BCUT2D eigenvalue weighted by Crippen LogP contribution is 2.41. The van der Waals surface area contributed by atoms with Gasteiger partial charge in [0, 0.05) is 16.8 Å². The molecule has 0 aliphatic carbocycles. The second kappa shape index (κ2) is 6.43. The molecule has 3 aromatic rings. The maximum absolute atomic E-state index is 12.8. The molecule has 1 atom stereocenters. The number of nitriles is 1. The summed E-state index contributed by atoms with van der Waals surface area (Å²) in [5, 5.41) is 9.63. The van der Waals surface area contributed by atoms with Crippen molar-refractivity contribution in [2.24, 2.45) is 5.73 Å². The van der Waals surface area contributed by atoms with E-state index in [2.05, 4.69) is 11.1 Å². The topological polar surface area (TPSA) is 114 Å². The van der Waals surface area contributed by atoms with Gasteiger partial charge in [-0.25, -0.2) is 4.79 Å². The molecule has 4 rings (SSSR count). The number of hydrogen-bond donors (Lipinski definition) is 2. The summed E-state index contributed by atoms with van der Waals surface area (Å²) < 4.78 is 7.65. The Morgan fingerprint density at radius 3 is 2.64 bits per heavy atom. The van der Waals surface area contributed by atoms with Gasteiger partial charge in [-0.1, -0.05) is 30.3 Å². The summed E-state index contributed by atoms with van der Waals surface area (Å²) in [4.78, 5) is 27.8. The van der Waals surface area contributed by atoms with Gasteiger partial charge in [-0.15, -0.1) is 0 Å². The van der Waals surface area contributed by atoms with Gasteiger partial charge in [-0.2, -0.15) is 5.26 Å². The Kier molecular flexibility index (Phi) is 4.04. The first-order valence-corrected chi connectivity index (χ1v) is 8.80. The van der Waals surface area contributed by atoms with Gasteiger partial charge < -0.3 is 15.5 Å². The number of Topliss-reactive ketones (excluding diaryl/α,β-unsaturated/α-hetero) is 1. The van der Waals surface area contributed by atoms with E-state index in [1.54, 1.807) is 17.6 Å². The van der Waals surface area contributed by atoms with Crippen LogP contribution in [-0.4, -0.2) is 21.9 Å². The molecule has 7 heteroatoms. The number of hydrogen-bond acceptors (Lipinski definition) is 5. The predicted octanol–water partition coefficient (Wildman–Crippen LogP) is 2.46. The van der Waals surface area contributed by atoms with Crippen molar-refractivity contribution in [3.8, 4) is 11.8 Å². The number of aromatic nitrogens is 2. The molecule has 0 saturated carbocycles. The summed E-state index contributed by atoms with van der Waals surface area (Å²) in [6.07, 6.45) is 0. The van der Waals surface area contributed by atoms with E-state index in [4.69, 9.17) is 10.5 Å². The number of ether oxygens (including phenoxy) is 1. The number of carbonyl (C=O) groups excluding carboxylic acids is 1. The quantitative estimate of drug-likeness (QED) is 0.684. The van der Waals surface area contributed by atoms with E-state index in [0.717, 1.165) is 5.56 Å². The summed E-state index contributed by atoms with van der Waals surface area (Å²) in [6.45, 7) is 3.26. The highest BCUT2D eigenvalue weighted by Gasteiger charge is 2.31. The minimum absolute atomic E-state index is 0.220. The van der Waals surface area contributed by atoms with Crippen molar-refractivity contribution in [3.63, 3.8) is 0 Å². The molecule has 2 aromatic carbocycles. The Hall–Kier alpha value is -3.79. The largest absolute Gasteiger partial charge is 0.488 e. The van der Waals surface area contributed by atoms with E-state index in [9.17, 15) is 14.9 Å². The van der Waals surface area contributed by atoms with Gasteiger partial charge in [-0.05, 0) is 25.5 Å². The van der Waals surface area contributed by atoms with Gasteiger partial charge >= 0.3 is 5.69 Å². The van der Waals surface area contributed by atoms with Crippen molar-refractivity contribution in [1.82, 2.24) is 9.55 Å². The molecule has 140 valence electrons. The molecule has 0 radical (unpaired) electrons. The SMILES string of the molecule is CC(=O)/C(=C(\C)N)c1cc(C#N)c2[nH]c(=O)n3c2c1OCC3c1ccccc1. The lowest BCUT2D eigenvalue weighted by molar-refractivity contribution is -0.111. The molecule has 0 fully saturated rings. The molecular weight excluding hydrogens is 356 g/mol. The normalized spacial score (nSPS) is 16.2. The lowest BCUT2D eigenvalue weighted by Crippen LogP contribution is -2.30. The van der Waals surface area contributed by atoms with Crippen molar-refractivity contribution in [2.45, 2.75) is 19.9 Å². The zero-order chi connectivity index (χ0) is 20.0. The van der Waals surface area contributed by atoms with E-state index in [-0.39, 0.29) is 35.3 Å². The second-order valence-electron chi connectivity index (χ2n) is 6.79. The summed E-state index contributed by atoms with van der Waals surface area (Å²) >= 11 is 0. The Bertz CT molecular complexity index is 1240. The fourth-order valence-electron chi connectivity index (χ4n) is 3.83. The smallest absolute Gasteiger partial charge is 0.327 e. The molecule has 0 spiro atoms. The molecule has 1 unspecified atom stereocenters. The number of nitrogens with one attached hydrogen (secondary N) is 1. The molecule has 1 aromatic heterocycles. The number of ketones is 1. The fourth-order valence-corrected chi connectivity index (χ4v) is 3.83. The number of imidazole rings is 1. The molecule has 0 saturated heterocycles. The zero-order valence-electron chi connectivity index (χ0n) is 15.4. The molecular formula is C21H18N4O3. The molecule has 0 bridgehead atoms. The Morgan fingerprint density at radius 1 is 1.32 bits per heavy atom. The highest BCUT2D eigenvalue weighted by molar-refractivity contribution is 6.22. The number of nitrogens with zero attached hydrogens (tertiary/aromatic N) is 2. The van der Waals surface area contributed by atoms with Crippen LogP contribution in [0.5, 0.6) is 5.75 Å². The summed E-state index contributed by atoms with van der Waals surface area (Å²) in [5.41, 5.74) is 8.68. The van der Waals surface area contributed by atoms with E-state index in [1.165, 1.54) is 6.92 Å². The van der Waals surface area contributed by atoms with Crippen LogP contribution in [0.1, 0.15) is 36.6 Å². The average molecular weight is 374 g/mol. The number of nitrogens with two attached hydrogens (primary N) is 1. The van der Waals surface area contributed by atoms with Crippen LogP contribution in [0.4, 0.5) is 0 Å². The Morgan fingerprint density at radius 2 is 2.04 bits per heavy atom. The standard InChI is InChI=1S/C21H18N4O3/c1-11(23)17(12(2)26)15-8-14(9-22)18-19-20(15)28-10-16(25(19)21(27)24-18)13-6-4-3-5-7-13/h3-8,16H,10,23H2,1-2H3,(H,24,27)/b17-11-. The number of benzene rings is 2. The Labute approximate surface area is 160 Å². The van der Waals surface area contributed by atoms with Gasteiger partial charge in [0.1, 0.15) is 18.2 Å². The first kappa shape index (κ1) is 17.6. The van der Waals surface area contributed by atoms with Gasteiger partial charge in [0.15, 0.2) is 11.5 Å². The van der Waals surface area contributed by atoms with Crippen molar-refractivity contribution in [3.05, 3.63) is 69.3 Å². The molecule has 28 heavy (non-hydrogen) atoms. The van der Waals surface area contributed by atoms with Crippen LogP contribution < -0.4 is 16.2 Å². The van der Waals surface area contributed by atoms with E-state index >= 15 is 0 Å². The highest BCUT2D eigenvalue weighted by atomic mass is 16.5. The molecule has 0 amide bonds. The monoisotopic (exact) mass is 374 g/mol. The fraction of sp³-hybridized carbons (Fsp3) is 0.190. The van der Waals surface area contributed by atoms with Crippen LogP contribution in [0.25, 0.3) is 16.6 Å². The lowest BCUT2D eigenvalue weighted by Gasteiger charge is -2.27. The summed E-state index contributed by atoms with van der Waals surface area (Å²) in [6, 6.07) is 12.8. The number of aromatic amines is 1. The summed E-state index contributed by atoms with van der Waals surface area (Å²) in [5.74, 6) is 0.146. The summed E-state index contributed by atoms with van der Waals surface area (Å²) in [7, 11) is 0. The predicted molar refractivity (Wildman–Crippen MR) is 105 cm³/mol. The molecule has 3 N–H and O–H groups in total. The van der Waals surface area contributed by atoms with Gasteiger partial charge in [0.25, 0.3) is 0 Å². The van der Waals surface area contributed by atoms with Gasteiger partial charge in [0.2, 0.25) is 0 Å². The first-order chi connectivity index (χ1) is 13.4. The zero-order valence-corrected chi connectivity index (χ0v) is 15.4. The van der Waals surface area contributed by atoms with Crippen molar-refractivity contribution < 1.29 is 9.53 Å². The van der Waals surface area contributed by atoms with Crippen LogP contribution in [0.3, 0.4) is 0 Å². The van der Waals surface area contributed by atoms with Crippen LogP contribution in [0.2, 0.25) is 0 Å². The van der Waals surface area contributed by atoms with E-state index in [1.807, 2.05) is 30.3 Å². The third-order valence-electron chi connectivity index (χ3n) is 4.96. The number of carbonyl (C=O) groups is 1. The third kappa shape index (κ3) is 2.50. The minimum atomic E-state index is -0.347. The van der Waals surface area contributed by atoms with Crippen molar-refractivity contribution >= 4 is 22.4 Å². The minimum Gasteiger partial charge on any atom is -0.488 e. The van der Waals surface area contributed by atoms with Gasteiger partial charge in [-0.3, -0.25) is 9.36 Å². The molecule has 2 heterocycles. The maximum Gasteiger partial charge on any atom is 0.327 e. The number of H-pyrrole nitrogens is 1. The average Bonchev–Trinajstić information content (AvgIpc) is 3.02. The molecule has 1 aliphatic heterocycles. The van der Waals surface area contributed by atoms with Crippen LogP contribution in [0, 0.1) is 11.3 Å². The Balaban J connectivity index is 2.11. The first-order valence-electron chi connectivity index (χ1n) is 8.80. The van der Waals surface area contributed by atoms with Crippen molar-refractivity contribution in [1.29, 1.82) is 5.26 Å². The maximum atomic E-state index is 12.8. The van der Waals surface area contributed by atoms with Gasteiger partial charge in [0.05, 0.1) is 17.1 Å². The number of allylic oxidation sites excluding steroid dienone is 2. The number of rotatable bonds is 3. The molecule has 1 aliphatic rings. The van der Waals surface area contributed by atoms with Crippen LogP contribution >= 0.6 is 0 Å². The second-order valence-corrected chi connectivity index (χ2v) is 6.79. The lowest BCUT2D eigenvalue weighted by atomic mass is 9.95. The van der Waals surface area contributed by atoms with Crippen LogP contribution in [-0.2, 0) is 4.79 Å². The van der Waals surface area contributed by atoms with E-state index in [0.29, 0.717) is 28.0 Å².